The Morgan fingerprint density at radius 3 is 2.89 bits per heavy atom. The molecule has 1 aromatic heterocycles. The van der Waals surface area contributed by atoms with Crippen molar-refractivity contribution in [3.63, 3.8) is 0 Å². The average Bonchev–Trinajstić information content (AvgIpc) is 2.85. The van der Waals surface area contributed by atoms with E-state index in [1.165, 1.54) is 4.88 Å². The van der Waals surface area contributed by atoms with Crippen molar-refractivity contribution in [3.05, 3.63) is 22.4 Å². The number of hydrogen-bond acceptors (Lipinski definition) is 4. The molecule has 1 amide bonds. The van der Waals surface area contributed by atoms with Crippen LogP contribution in [0, 0.1) is 0 Å². The van der Waals surface area contributed by atoms with Crippen molar-refractivity contribution < 1.29 is 9.53 Å². The van der Waals surface area contributed by atoms with Crippen molar-refractivity contribution in [1.29, 1.82) is 0 Å². The molecule has 1 aromatic rings. The highest BCUT2D eigenvalue weighted by atomic mass is 32.1. The van der Waals surface area contributed by atoms with Gasteiger partial charge in [-0.1, -0.05) is 6.07 Å². The Morgan fingerprint density at radius 1 is 1.67 bits per heavy atom. The molecule has 4 nitrogen and oxygen atoms in total. The van der Waals surface area contributed by atoms with Crippen LogP contribution in [-0.2, 0) is 9.53 Å². The summed E-state index contributed by atoms with van der Waals surface area (Å²) in [5.41, 5.74) is -0.164. The van der Waals surface area contributed by atoms with Crippen molar-refractivity contribution in [3.8, 4) is 0 Å². The molecule has 0 spiro atoms. The largest absolute Gasteiger partial charge is 0.363 e. The molecule has 0 bridgehead atoms. The number of nitrogens with one attached hydrogen (secondary N) is 1. The molecule has 1 unspecified atom stereocenters. The van der Waals surface area contributed by atoms with Crippen LogP contribution in [0.4, 0.5) is 0 Å². The number of rotatable bonds is 5. The van der Waals surface area contributed by atoms with Crippen molar-refractivity contribution in [2.45, 2.75) is 25.5 Å². The van der Waals surface area contributed by atoms with Crippen molar-refractivity contribution in [1.82, 2.24) is 10.2 Å². The van der Waals surface area contributed by atoms with Crippen LogP contribution in [0.2, 0.25) is 0 Å². The van der Waals surface area contributed by atoms with Crippen LogP contribution in [0.1, 0.15) is 24.8 Å². The quantitative estimate of drug-likeness (QED) is 0.883. The molecule has 0 aliphatic carbocycles. The Hall–Kier alpha value is -0.910. The molecular weight excluding hydrogens is 248 g/mol. The molecule has 2 rings (SSSR count). The first-order valence-corrected chi connectivity index (χ1v) is 7.03. The van der Waals surface area contributed by atoms with Gasteiger partial charge in [0.2, 0.25) is 5.91 Å². The highest BCUT2D eigenvalue weighted by Crippen LogP contribution is 2.24. The maximum absolute atomic E-state index is 12.1. The van der Waals surface area contributed by atoms with Gasteiger partial charge in [-0.25, -0.2) is 0 Å². The van der Waals surface area contributed by atoms with E-state index in [0.29, 0.717) is 0 Å². The minimum absolute atomic E-state index is 0.0315. The fourth-order valence-electron chi connectivity index (χ4n) is 1.85. The first-order chi connectivity index (χ1) is 8.52. The lowest BCUT2D eigenvalue weighted by Gasteiger charge is -2.39. The predicted molar refractivity (Wildman–Crippen MR) is 72.7 cm³/mol. The number of hydrogen-bond donors (Lipinski definition) is 1. The van der Waals surface area contributed by atoms with E-state index >= 15 is 0 Å². The summed E-state index contributed by atoms with van der Waals surface area (Å²) in [6.45, 7) is 5.87. The Balaban J connectivity index is 1.84. The second-order valence-corrected chi connectivity index (χ2v) is 6.02. The molecule has 5 heteroatoms. The number of carbonyl (C=O) groups excluding carboxylic acids is 1. The summed E-state index contributed by atoms with van der Waals surface area (Å²) in [7, 11) is 1.83. The van der Waals surface area contributed by atoms with Gasteiger partial charge >= 0.3 is 0 Å². The van der Waals surface area contributed by atoms with E-state index < -0.39 is 0 Å². The van der Waals surface area contributed by atoms with Crippen molar-refractivity contribution >= 4 is 17.2 Å². The first-order valence-electron chi connectivity index (χ1n) is 6.15. The molecule has 0 radical (unpaired) electrons. The Kier molecular flexibility index (Phi) is 4.04. The standard InChI is InChI=1S/C13H20N2O2S/c1-10(11-5-4-6-18-11)15(3)12(16)7-17-13(2)8-14-9-13/h4-6,10,14H,7-9H2,1-3H3. The number of likely N-dealkylation sites (N-methyl/N-ethyl adjacent to an activating group) is 1. The summed E-state index contributed by atoms with van der Waals surface area (Å²) in [5, 5.41) is 5.18. The highest BCUT2D eigenvalue weighted by molar-refractivity contribution is 7.10. The van der Waals surface area contributed by atoms with E-state index in [2.05, 4.69) is 11.4 Å². The van der Waals surface area contributed by atoms with Crippen LogP contribution >= 0.6 is 11.3 Å². The molecule has 1 aliphatic rings. The zero-order valence-corrected chi connectivity index (χ0v) is 11.9. The fraction of sp³-hybridized carbons (Fsp3) is 0.615. The summed E-state index contributed by atoms with van der Waals surface area (Å²) in [4.78, 5) is 15.0. The molecule has 1 atom stereocenters. The minimum Gasteiger partial charge on any atom is -0.363 e. The summed E-state index contributed by atoms with van der Waals surface area (Å²) in [6.07, 6.45) is 0. The molecule has 1 fully saturated rings. The first kappa shape index (κ1) is 13.5. The second-order valence-electron chi connectivity index (χ2n) is 5.04. The normalized spacial score (nSPS) is 19.1. The van der Waals surface area contributed by atoms with Gasteiger partial charge in [-0.15, -0.1) is 11.3 Å². The van der Waals surface area contributed by atoms with E-state index in [1.807, 2.05) is 32.3 Å². The van der Waals surface area contributed by atoms with Crippen molar-refractivity contribution in [2.75, 3.05) is 26.7 Å². The molecule has 0 saturated carbocycles. The Labute approximate surface area is 112 Å². The minimum atomic E-state index is -0.164. The van der Waals surface area contributed by atoms with Gasteiger partial charge in [-0.05, 0) is 25.3 Å². The maximum Gasteiger partial charge on any atom is 0.248 e. The lowest BCUT2D eigenvalue weighted by molar-refractivity contribution is -0.146. The summed E-state index contributed by atoms with van der Waals surface area (Å²) in [5.74, 6) is 0.0315. The molecule has 1 saturated heterocycles. The van der Waals surface area contributed by atoms with Gasteiger partial charge in [-0.2, -0.15) is 0 Å². The molecular formula is C13H20N2O2S. The third kappa shape index (κ3) is 2.91. The summed E-state index contributed by atoms with van der Waals surface area (Å²) >= 11 is 1.67. The van der Waals surface area contributed by atoms with Gasteiger partial charge in [-0.3, -0.25) is 4.79 Å². The number of thiophene rings is 1. The molecule has 2 heterocycles. The average molecular weight is 268 g/mol. The molecule has 18 heavy (non-hydrogen) atoms. The SMILES string of the molecule is CC(c1cccs1)N(C)C(=O)COC1(C)CNC1. The van der Waals surface area contributed by atoms with E-state index in [0.717, 1.165) is 13.1 Å². The van der Waals surface area contributed by atoms with Crippen LogP contribution < -0.4 is 5.32 Å². The van der Waals surface area contributed by atoms with Crippen molar-refractivity contribution in [2.24, 2.45) is 0 Å². The zero-order chi connectivity index (χ0) is 13.2. The van der Waals surface area contributed by atoms with Crippen LogP contribution in [0.15, 0.2) is 17.5 Å². The van der Waals surface area contributed by atoms with Gasteiger partial charge in [0.05, 0.1) is 11.6 Å². The lowest BCUT2D eigenvalue weighted by atomic mass is 10.0. The maximum atomic E-state index is 12.1. The monoisotopic (exact) mass is 268 g/mol. The molecule has 0 aromatic carbocycles. The number of amides is 1. The Morgan fingerprint density at radius 2 is 2.39 bits per heavy atom. The zero-order valence-electron chi connectivity index (χ0n) is 11.1. The summed E-state index contributed by atoms with van der Waals surface area (Å²) in [6, 6.07) is 4.16. The molecule has 100 valence electrons. The van der Waals surface area contributed by atoms with Gasteiger partial charge in [0.25, 0.3) is 0 Å². The van der Waals surface area contributed by atoms with Gasteiger partial charge in [0.1, 0.15) is 6.61 Å². The second kappa shape index (κ2) is 5.38. The Bertz CT molecular complexity index is 401. The van der Waals surface area contributed by atoms with Gasteiger partial charge < -0.3 is 15.0 Å². The van der Waals surface area contributed by atoms with Crippen LogP contribution in [0.3, 0.4) is 0 Å². The predicted octanol–water partition coefficient (Wildman–Crippen LogP) is 1.65. The third-order valence-corrected chi connectivity index (χ3v) is 4.51. The third-order valence-electron chi connectivity index (χ3n) is 3.47. The molecule has 1 aliphatic heterocycles. The number of ether oxygens (including phenoxy) is 1. The number of carbonyl (C=O) groups is 1. The smallest absolute Gasteiger partial charge is 0.248 e. The topological polar surface area (TPSA) is 41.6 Å². The highest BCUT2D eigenvalue weighted by Gasteiger charge is 2.33. The number of nitrogens with zero attached hydrogens (tertiary/aromatic N) is 1. The van der Waals surface area contributed by atoms with Crippen LogP contribution in [0.5, 0.6) is 0 Å². The fourth-order valence-corrected chi connectivity index (χ4v) is 2.68. The summed E-state index contributed by atoms with van der Waals surface area (Å²) < 4.78 is 5.67. The van der Waals surface area contributed by atoms with Gasteiger partial charge in [0, 0.05) is 25.0 Å². The van der Waals surface area contributed by atoms with Gasteiger partial charge in [0.15, 0.2) is 0 Å². The van der Waals surface area contributed by atoms with Crippen LogP contribution in [-0.4, -0.2) is 43.2 Å². The van der Waals surface area contributed by atoms with E-state index in [1.54, 1.807) is 16.2 Å². The van der Waals surface area contributed by atoms with E-state index in [4.69, 9.17) is 4.74 Å². The van der Waals surface area contributed by atoms with E-state index in [9.17, 15) is 4.79 Å². The lowest BCUT2D eigenvalue weighted by Crippen LogP contribution is -2.59. The van der Waals surface area contributed by atoms with Crippen LogP contribution in [0.25, 0.3) is 0 Å². The van der Waals surface area contributed by atoms with E-state index in [-0.39, 0.29) is 24.2 Å². The molecule has 1 N–H and O–H groups in total.